The minimum atomic E-state index is -1.18. The molecule has 2 N–H and O–H groups in total. The average molecular weight is 340 g/mol. The summed E-state index contributed by atoms with van der Waals surface area (Å²) in [5.74, 6) is -0.419. The predicted molar refractivity (Wildman–Crippen MR) is 97.3 cm³/mol. The van der Waals surface area contributed by atoms with Crippen molar-refractivity contribution in [1.82, 2.24) is 4.90 Å². The molecule has 1 atom stereocenters. The summed E-state index contributed by atoms with van der Waals surface area (Å²) in [6.07, 6.45) is -1.18. The van der Waals surface area contributed by atoms with Gasteiger partial charge in [-0.1, -0.05) is 42.5 Å². The number of carbonyl (C=O) groups is 1. The number of rotatable bonds is 5. The maximum absolute atomic E-state index is 12.4. The van der Waals surface area contributed by atoms with Crippen LogP contribution in [-0.4, -0.2) is 42.2 Å². The van der Waals surface area contributed by atoms with Crippen molar-refractivity contribution in [1.29, 1.82) is 0 Å². The van der Waals surface area contributed by atoms with Crippen LogP contribution in [-0.2, 0) is 16.1 Å². The minimum Gasteiger partial charge on any atom is -0.379 e. The fourth-order valence-electron chi connectivity index (χ4n) is 2.91. The third-order valence-electron chi connectivity index (χ3n) is 4.43. The van der Waals surface area contributed by atoms with Crippen molar-refractivity contribution in [2.45, 2.75) is 19.6 Å². The van der Waals surface area contributed by atoms with Crippen molar-refractivity contribution in [3.05, 3.63) is 65.2 Å². The van der Waals surface area contributed by atoms with E-state index >= 15 is 0 Å². The standard InChI is InChI=1S/C20H24N2O3/c1-15-7-8-16(14-22-9-11-25-12-10-22)13-18(15)21-20(24)19(23)17-5-3-2-4-6-17/h2-8,13,19,23H,9-12,14H2,1H3,(H,21,24). The first-order chi connectivity index (χ1) is 12.1. The van der Waals surface area contributed by atoms with Crippen LogP contribution in [0.15, 0.2) is 48.5 Å². The lowest BCUT2D eigenvalue weighted by atomic mass is 10.1. The molecule has 1 unspecified atom stereocenters. The van der Waals surface area contributed by atoms with Crippen molar-refractivity contribution < 1.29 is 14.6 Å². The summed E-state index contributed by atoms with van der Waals surface area (Å²) in [7, 11) is 0. The first kappa shape index (κ1) is 17.6. The van der Waals surface area contributed by atoms with Gasteiger partial charge in [0.25, 0.3) is 5.91 Å². The van der Waals surface area contributed by atoms with E-state index in [2.05, 4.69) is 16.3 Å². The van der Waals surface area contributed by atoms with Crippen molar-refractivity contribution in [2.24, 2.45) is 0 Å². The third-order valence-corrected chi connectivity index (χ3v) is 4.43. The van der Waals surface area contributed by atoms with Gasteiger partial charge >= 0.3 is 0 Å². The fourth-order valence-corrected chi connectivity index (χ4v) is 2.91. The second-order valence-electron chi connectivity index (χ2n) is 6.34. The lowest BCUT2D eigenvalue weighted by Crippen LogP contribution is -2.35. The molecule has 5 heteroatoms. The van der Waals surface area contributed by atoms with Crippen LogP contribution in [0.25, 0.3) is 0 Å². The van der Waals surface area contributed by atoms with Crippen molar-refractivity contribution in [2.75, 3.05) is 31.6 Å². The topological polar surface area (TPSA) is 61.8 Å². The SMILES string of the molecule is Cc1ccc(CN2CCOCC2)cc1NC(=O)C(O)c1ccccc1. The number of aryl methyl sites for hydroxylation is 1. The summed E-state index contributed by atoms with van der Waals surface area (Å²) in [6.45, 7) is 6.14. The predicted octanol–water partition coefficient (Wildman–Crippen LogP) is 2.50. The highest BCUT2D eigenvalue weighted by atomic mass is 16.5. The molecular weight excluding hydrogens is 316 g/mol. The Morgan fingerprint density at radius 1 is 1.20 bits per heavy atom. The number of benzene rings is 2. The summed E-state index contributed by atoms with van der Waals surface area (Å²) in [5, 5.41) is 13.1. The molecule has 1 aliphatic heterocycles. The van der Waals surface area contributed by atoms with Crippen molar-refractivity contribution in [3.8, 4) is 0 Å². The van der Waals surface area contributed by atoms with E-state index in [-0.39, 0.29) is 0 Å². The highest BCUT2D eigenvalue weighted by Gasteiger charge is 2.18. The van der Waals surface area contributed by atoms with E-state index in [1.807, 2.05) is 25.1 Å². The Bertz CT molecular complexity index is 712. The second kappa shape index (κ2) is 8.25. The Kier molecular flexibility index (Phi) is 5.81. The molecule has 1 aliphatic rings. The zero-order chi connectivity index (χ0) is 17.6. The van der Waals surface area contributed by atoms with Gasteiger partial charge in [-0.15, -0.1) is 0 Å². The largest absolute Gasteiger partial charge is 0.379 e. The van der Waals surface area contributed by atoms with Gasteiger partial charge in [0.1, 0.15) is 0 Å². The Morgan fingerprint density at radius 3 is 2.64 bits per heavy atom. The van der Waals surface area contributed by atoms with E-state index in [0.29, 0.717) is 5.56 Å². The average Bonchev–Trinajstić information content (AvgIpc) is 2.65. The summed E-state index contributed by atoms with van der Waals surface area (Å²) < 4.78 is 5.37. The number of nitrogens with zero attached hydrogens (tertiary/aromatic N) is 1. The van der Waals surface area contributed by atoms with Gasteiger partial charge in [0.2, 0.25) is 0 Å². The van der Waals surface area contributed by atoms with E-state index in [1.54, 1.807) is 24.3 Å². The Labute approximate surface area is 148 Å². The molecule has 132 valence electrons. The Morgan fingerprint density at radius 2 is 1.92 bits per heavy atom. The number of hydrogen-bond donors (Lipinski definition) is 2. The summed E-state index contributed by atoms with van der Waals surface area (Å²) in [6, 6.07) is 15.0. The maximum atomic E-state index is 12.4. The van der Waals surface area contributed by atoms with Crippen LogP contribution in [0.1, 0.15) is 22.8 Å². The van der Waals surface area contributed by atoms with Crippen LogP contribution in [0, 0.1) is 6.92 Å². The summed E-state index contributed by atoms with van der Waals surface area (Å²) in [4.78, 5) is 14.7. The second-order valence-corrected chi connectivity index (χ2v) is 6.34. The molecule has 0 bridgehead atoms. The van der Waals surface area contributed by atoms with Gasteiger partial charge in [-0.25, -0.2) is 0 Å². The monoisotopic (exact) mass is 340 g/mol. The van der Waals surface area contributed by atoms with Gasteiger partial charge in [0.15, 0.2) is 6.10 Å². The lowest BCUT2D eigenvalue weighted by molar-refractivity contribution is -0.124. The smallest absolute Gasteiger partial charge is 0.257 e. The Hall–Kier alpha value is -2.21. The summed E-state index contributed by atoms with van der Waals surface area (Å²) in [5.41, 5.74) is 3.43. The molecule has 2 aromatic rings. The van der Waals surface area contributed by atoms with Gasteiger partial charge in [-0.2, -0.15) is 0 Å². The maximum Gasteiger partial charge on any atom is 0.257 e. The minimum absolute atomic E-state index is 0.419. The van der Waals surface area contributed by atoms with Gasteiger partial charge in [0.05, 0.1) is 13.2 Å². The third kappa shape index (κ3) is 4.66. The molecule has 0 aliphatic carbocycles. The number of hydrogen-bond acceptors (Lipinski definition) is 4. The number of ether oxygens (including phenoxy) is 1. The zero-order valence-corrected chi connectivity index (χ0v) is 14.4. The molecule has 0 aromatic heterocycles. The van der Waals surface area contributed by atoms with Crippen LogP contribution in [0.3, 0.4) is 0 Å². The molecule has 0 radical (unpaired) electrons. The van der Waals surface area contributed by atoms with Crippen LogP contribution in [0.2, 0.25) is 0 Å². The van der Waals surface area contributed by atoms with E-state index < -0.39 is 12.0 Å². The molecule has 3 rings (SSSR count). The van der Waals surface area contributed by atoms with Crippen LogP contribution >= 0.6 is 0 Å². The van der Waals surface area contributed by atoms with Gasteiger partial charge in [-0.3, -0.25) is 9.69 Å². The van der Waals surface area contributed by atoms with E-state index in [4.69, 9.17) is 4.74 Å². The fraction of sp³-hybridized carbons (Fsp3) is 0.350. The number of carbonyl (C=O) groups excluding carboxylic acids is 1. The highest BCUT2D eigenvalue weighted by Crippen LogP contribution is 2.21. The first-order valence-corrected chi connectivity index (χ1v) is 8.57. The Balaban J connectivity index is 1.68. The molecule has 5 nitrogen and oxygen atoms in total. The van der Waals surface area contributed by atoms with Crippen molar-refractivity contribution >= 4 is 11.6 Å². The first-order valence-electron chi connectivity index (χ1n) is 8.57. The molecule has 0 spiro atoms. The molecule has 1 fully saturated rings. The number of anilines is 1. The van der Waals surface area contributed by atoms with Crippen molar-refractivity contribution in [3.63, 3.8) is 0 Å². The lowest BCUT2D eigenvalue weighted by Gasteiger charge is -2.26. The van der Waals surface area contributed by atoms with Crippen LogP contribution in [0.5, 0.6) is 0 Å². The molecule has 25 heavy (non-hydrogen) atoms. The van der Waals surface area contributed by atoms with Gasteiger partial charge in [-0.05, 0) is 29.7 Å². The number of aliphatic hydroxyl groups excluding tert-OH is 1. The quantitative estimate of drug-likeness (QED) is 0.878. The van der Waals surface area contributed by atoms with Crippen LogP contribution in [0.4, 0.5) is 5.69 Å². The molecular formula is C20H24N2O3. The molecule has 1 heterocycles. The highest BCUT2D eigenvalue weighted by molar-refractivity contribution is 5.95. The van der Waals surface area contributed by atoms with Crippen LogP contribution < -0.4 is 5.32 Å². The number of nitrogens with one attached hydrogen (secondary N) is 1. The van der Waals surface area contributed by atoms with E-state index in [0.717, 1.165) is 49.7 Å². The number of morpholine rings is 1. The normalized spacial score (nSPS) is 16.4. The zero-order valence-electron chi connectivity index (χ0n) is 14.4. The molecule has 2 aromatic carbocycles. The van der Waals surface area contributed by atoms with Gasteiger partial charge in [0, 0.05) is 25.3 Å². The molecule has 1 saturated heterocycles. The number of amides is 1. The number of aliphatic hydroxyl groups is 1. The van der Waals surface area contributed by atoms with Gasteiger partial charge < -0.3 is 15.2 Å². The van der Waals surface area contributed by atoms with E-state index in [9.17, 15) is 9.90 Å². The molecule has 0 saturated carbocycles. The summed E-state index contributed by atoms with van der Waals surface area (Å²) >= 11 is 0. The molecule has 1 amide bonds. The van der Waals surface area contributed by atoms with E-state index in [1.165, 1.54) is 0 Å².